The minimum absolute atomic E-state index is 0.521. The van der Waals surface area contributed by atoms with Crippen molar-refractivity contribution >= 4 is 29.8 Å². The molecule has 0 saturated carbocycles. The van der Waals surface area contributed by atoms with Crippen molar-refractivity contribution in [2.45, 2.75) is 0 Å². The zero-order valence-electron chi connectivity index (χ0n) is 5.32. The van der Waals surface area contributed by atoms with Crippen LogP contribution in [0.4, 0.5) is 0 Å². The predicted molar refractivity (Wildman–Crippen MR) is 44.4 cm³/mol. The van der Waals surface area contributed by atoms with E-state index < -0.39 is 8.25 Å². The summed E-state index contributed by atoms with van der Waals surface area (Å²) in [5.41, 5.74) is 0. The van der Waals surface area contributed by atoms with E-state index in [9.17, 15) is 4.57 Å². The molecule has 0 aromatic heterocycles. The first-order chi connectivity index (χ1) is 4.89. The van der Waals surface area contributed by atoms with Gasteiger partial charge in [-0.25, -0.2) is 0 Å². The number of hydrogen-bond acceptors (Lipinski definition) is 5. The van der Waals surface area contributed by atoms with Gasteiger partial charge < -0.3 is 0 Å². The second-order valence-electron chi connectivity index (χ2n) is 1.53. The zero-order chi connectivity index (χ0) is 7.23. The van der Waals surface area contributed by atoms with Crippen molar-refractivity contribution in [2.75, 3.05) is 24.7 Å². The van der Waals surface area contributed by atoms with Crippen molar-refractivity contribution in [3.8, 4) is 0 Å². The molecule has 1 rings (SSSR count). The molecule has 1 heterocycles. The van der Waals surface area contributed by atoms with Gasteiger partial charge in [0, 0.05) is 16.1 Å². The average Bonchev–Trinajstić information content (AvgIpc) is 2.02. The van der Waals surface area contributed by atoms with Crippen molar-refractivity contribution in [3.05, 3.63) is 0 Å². The Morgan fingerprint density at radius 2 is 1.60 bits per heavy atom. The molecule has 0 unspecified atom stereocenters. The summed E-state index contributed by atoms with van der Waals surface area (Å²) in [6.07, 6.45) is 0. The van der Waals surface area contributed by atoms with E-state index in [1.54, 1.807) is 21.6 Å². The van der Waals surface area contributed by atoms with Gasteiger partial charge in [0.1, 0.15) is 13.2 Å². The van der Waals surface area contributed by atoms with Crippen LogP contribution in [0.3, 0.4) is 0 Å². The molecule has 0 bridgehead atoms. The Bertz CT molecular complexity index is 109. The van der Waals surface area contributed by atoms with E-state index in [0.717, 1.165) is 11.5 Å². The van der Waals surface area contributed by atoms with E-state index in [0.29, 0.717) is 13.2 Å². The summed E-state index contributed by atoms with van der Waals surface area (Å²) in [5.74, 6) is 1.77. The van der Waals surface area contributed by atoms with Crippen LogP contribution in [0.1, 0.15) is 0 Å². The van der Waals surface area contributed by atoms with Crippen LogP contribution >= 0.6 is 29.8 Å². The highest BCUT2D eigenvalue weighted by atomic mass is 33.1. The second-order valence-corrected chi connectivity index (χ2v) is 5.20. The first kappa shape index (κ1) is 8.81. The van der Waals surface area contributed by atoms with Crippen molar-refractivity contribution < 1.29 is 13.6 Å². The van der Waals surface area contributed by atoms with Gasteiger partial charge in [0.05, 0.1) is 0 Å². The third kappa shape index (κ3) is 3.78. The average molecular weight is 199 g/mol. The molecule has 1 fully saturated rings. The third-order valence-corrected chi connectivity index (χ3v) is 3.93. The van der Waals surface area contributed by atoms with Gasteiger partial charge in [0.2, 0.25) is 0 Å². The summed E-state index contributed by atoms with van der Waals surface area (Å²) >= 11 is 0. The molecule has 3 nitrogen and oxygen atoms in total. The van der Waals surface area contributed by atoms with Crippen molar-refractivity contribution in [1.82, 2.24) is 0 Å². The summed E-state index contributed by atoms with van der Waals surface area (Å²) in [7, 11) is 1.63. The number of hydrogen-bond donors (Lipinski definition) is 0. The normalized spacial score (nSPS) is 23.0. The Balaban J connectivity index is 2.21. The standard InChI is InChI=1S/C4H8O3PS2/c5-8-6-1-3-9-10-4-2-7-8/h1-4H2/q+1. The highest BCUT2D eigenvalue weighted by Gasteiger charge is 2.20. The van der Waals surface area contributed by atoms with Crippen LogP contribution in [0.15, 0.2) is 0 Å². The Morgan fingerprint density at radius 1 is 1.10 bits per heavy atom. The van der Waals surface area contributed by atoms with Crippen LogP contribution in [-0.4, -0.2) is 24.7 Å². The van der Waals surface area contributed by atoms with E-state index >= 15 is 0 Å². The van der Waals surface area contributed by atoms with Crippen LogP contribution in [0, 0.1) is 0 Å². The number of rotatable bonds is 0. The Labute approximate surface area is 68.6 Å². The zero-order valence-corrected chi connectivity index (χ0v) is 7.84. The fraction of sp³-hybridized carbons (Fsp3) is 1.00. The summed E-state index contributed by atoms with van der Waals surface area (Å²) in [4.78, 5) is 0. The van der Waals surface area contributed by atoms with E-state index in [2.05, 4.69) is 0 Å². The quantitative estimate of drug-likeness (QED) is 0.441. The van der Waals surface area contributed by atoms with Crippen molar-refractivity contribution in [1.29, 1.82) is 0 Å². The molecule has 1 saturated heterocycles. The first-order valence-electron chi connectivity index (χ1n) is 2.87. The lowest BCUT2D eigenvalue weighted by Gasteiger charge is -1.90. The molecule has 0 spiro atoms. The minimum Gasteiger partial charge on any atom is -0.118 e. The second kappa shape index (κ2) is 5.38. The van der Waals surface area contributed by atoms with Crippen LogP contribution in [0.5, 0.6) is 0 Å². The highest BCUT2D eigenvalue weighted by molar-refractivity contribution is 8.76. The van der Waals surface area contributed by atoms with Gasteiger partial charge >= 0.3 is 8.25 Å². The largest absolute Gasteiger partial charge is 0.697 e. The summed E-state index contributed by atoms with van der Waals surface area (Å²) < 4.78 is 20.3. The Morgan fingerprint density at radius 3 is 2.10 bits per heavy atom. The van der Waals surface area contributed by atoms with Gasteiger partial charge in [-0.05, 0) is 0 Å². The summed E-state index contributed by atoms with van der Waals surface area (Å²) in [5, 5.41) is 0. The third-order valence-electron chi connectivity index (χ3n) is 0.810. The minimum atomic E-state index is -1.83. The molecule has 0 aromatic carbocycles. The maximum absolute atomic E-state index is 10.7. The summed E-state index contributed by atoms with van der Waals surface area (Å²) in [6.45, 7) is 1.04. The maximum Gasteiger partial charge on any atom is 0.697 e. The SMILES string of the molecule is O=[P+]1OCCSSCCO1. The molecule has 6 heteroatoms. The van der Waals surface area contributed by atoms with E-state index in [1.165, 1.54) is 0 Å². The first-order valence-corrected chi connectivity index (χ1v) is 6.45. The molecule has 0 N–H and O–H groups in total. The van der Waals surface area contributed by atoms with Crippen LogP contribution in [0.2, 0.25) is 0 Å². The molecular weight excluding hydrogens is 191 g/mol. The molecule has 0 aromatic rings. The monoisotopic (exact) mass is 199 g/mol. The van der Waals surface area contributed by atoms with Gasteiger partial charge in [-0.2, -0.15) is 0 Å². The Hall–Kier alpha value is 0.720. The van der Waals surface area contributed by atoms with Crippen LogP contribution in [0.25, 0.3) is 0 Å². The lowest BCUT2D eigenvalue weighted by molar-refractivity contribution is 0.247. The van der Waals surface area contributed by atoms with Crippen molar-refractivity contribution in [2.24, 2.45) is 0 Å². The molecule has 0 radical (unpaired) electrons. The molecule has 0 amide bonds. The lowest BCUT2D eigenvalue weighted by Crippen LogP contribution is -1.89. The van der Waals surface area contributed by atoms with Gasteiger partial charge in [-0.1, -0.05) is 21.6 Å². The van der Waals surface area contributed by atoms with E-state index in [4.69, 9.17) is 9.05 Å². The van der Waals surface area contributed by atoms with Gasteiger partial charge in [-0.3, -0.25) is 0 Å². The molecule has 0 atom stereocenters. The fourth-order valence-corrected chi connectivity index (χ4v) is 2.90. The predicted octanol–water partition coefficient (Wildman–Crippen LogP) is 2.07. The van der Waals surface area contributed by atoms with Gasteiger partial charge in [-0.15, -0.1) is 9.05 Å². The molecule has 10 heavy (non-hydrogen) atoms. The lowest BCUT2D eigenvalue weighted by atomic mass is 10.9. The summed E-state index contributed by atoms with van der Waals surface area (Å²) in [6, 6.07) is 0. The fourth-order valence-electron chi connectivity index (χ4n) is 0.447. The maximum atomic E-state index is 10.7. The Kier molecular flexibility index (Phi) is 4.74. The highest BCUT2D eigenvalue weighted by Crippen LogP contribution is 2.29. The van der Waals surface area contributed by atoms with E-state index in [-0.39, 0.29) is 0 Å². The van der Waals surface area contributed by atoms with Crippen LogP contribution < -0.4 is 0 Å². The van der Waals surface area contributed by atoms with Crippen LogP contribution in [-0.2, 0) is 13.6 Å². The molecular formula is C4H8O3PS2+. The van der Waals surface area contributed by atoms with E-state index in [1.807, 2.05) is 0 Å². The molecule has 58 valence electrons. The molecule has 0 aliphatic carbocycles. The topological polar surface area (TPSA) is 35.5 Å². The van der Waals surface area contributed by atoms with Gasteiger partial charge in [0.25, 0.3) is 0 Å². The molecule has 1 aliphatic heterocycles. The smallest absolute Gasteiger partial charge is 0.118 e. The molecule has 1 aliphatic rings. The van der Waals surface area contributed by atoms with Crippen molar-refractivity contribution in [3.63, 3.8) is 0 Å². The van der Waals surface area contributed by atoms with Gasteiger partial charge in [0.15, 0.2) is 0 Å².